The lowest BCUT2D eigenvalue weighted by atomic mass is 9.77. The van der Waals surface area contributed by atoms with Gasteiger partial charge in [0.25, 0.3) is 0 Å². The van der Waals surface area contributed by atoms with Crippen LogP contribution in [0.1, 0.15) is 60.3 Å². The van der Waals surface area contributed by atoms with Gasteiger partial charge < -0.3 is 4.57 Å². The van der Waals surface area contributed by atoms with E-state index in [1.807, 2.05) is 0 Å². The normalized spacial score (nSPS) is 20.7. The fraction of sp³-hybridized carbons (Fsp3) is 0.154. The van der Waals surface area contributed by atoms with Gasteiger partial charge in [0.15, 0.2) is 5.82 Å². The molecule has 3 unspecified atom stereocenters. The number of aromatic nitrogens is 3. The number of benzene rings is 6. The van der Waals surface area contributed by atoms with Crippen LogP contribution in [0.25, 0.3) is 77.0 Å². The summed E-state index contributed by atoms with van der Waals surface area (Å²) in [5, 5.41) is 6.38. The molecule has 0 N–H and O–H groups in total. The van der Waals surface area contributed by atoms with Gasteiger partial charge in [0.1, 0.15) is 0 Å². The molecule has 6 aromatic carbocycles. The number of hydrogen-bond acceptors (Lipinski definition) is 2. The van der Waals surface area contributed by atoms with Gasteiger partial charge in [0, 0.05) is 39.0 Å². The average molecular weight is 706 g/mol. The van der Waals surface area contributed by atoms with Gasteiger partial charge in [-0.1, -0.05) is 147 Å². The molecule has 2 aromatic heterocycles. The molecule has 262 valence electrons. The average Bonchev–Trinajstić information content (AvgIpc) is 3.75. The molecular formula is C52H39N3. The zero-order valence-electron chi connectivity index (χ0n) is 31.0. The topological polar surface area (TPSA) is 30.7 Å². The number of fused-ring (bicyclic) bond motifs is 13. The molecule has 0 amide bonds. The first-order valence-electron chi connectivity index (χ1n) is 19.9. The maximum Gasteiger partial charge on any atom is 0.159 e. The minimum Gasteiger partial charge on any atom is -0.308 e. The molecule has 4 aliphatic carbocycles. The number of para-hydroxylation sites is 1. The van der Waals surface area contributed by atoms with Crippen molar-refractivity contribution in [2.45, 2.75) is 38.5 Å². The van der Waals surface area contributed by atoms with Crippen LogP contribution in [0.15, 0.2) is 152 Å². The Hall–Kier alpha value is -6.32. The Morgan fingerprint density at radius 2 is 1.40 bits per heavy atom. The Labute approximate surface area is 320 Å². The summed E-state index contributed by atoms with van der Waals surface area (Å²) in [5.41, 5.74) is 16.7. The van der Waals surface area contributed by atoms with E-state index < -0.39 is 0 Å². The highest BCUT2D eigenvalue weighted by atomic mass is 15.0. The second-order valence-electron chi connectivity index (χ2n) is 16.1. The van der Waals surface area contributed by atoms with Crippen LogP contribution in [-0.4, -0.2) is 14.5 Å². The van der Waals surface area contributed by atoms with Gasteiger partial charge in [0.2, 0.25) is 0 Å². The zero-order chi connectivity index (χ0) is 36.4. The Kier molecular flexibility index (Phi) is 6.55. The molecule has 0 saturated carbocycles. The highest BCUT2D eigenvalue weighted by molar-refractivity contribution is 6.27. The summed E-state index contributed by atoms with van der Waals surface area (Å²) < 4.78 is 2.56. The van der Waals surface area contributed by atoms with Crippen LogP contribution in [0.4, 0.5) is 0 Å². The molecule has 0 spiro atoms. The second-order valence-corrected chi connectivity index (χ2v) is 16.1. The molecule has 4 aliphatic rings. The molecule has 4 atom stereocenters. The van der Waals surface area contributed by atoms with Crippen molar-refractivity contribution in [2.24, 2.45) is 11.8 Å². The van der Waals surface area contributed by atoms with Crippen molar-refractivity contribution >= 4 is 49.1 Å². The third-order valence-corrected chi connectivity index (χ3v) is 12.9. The van der Waals surface area contributed by atoms with Gasteiger partial charge in [-0.2, -0.15) is 0 Å². The van der Waals surface area contributed by atoms with E-state index in [2.05, 4.69) is 170 Å². The van der Waals surface area contributed by atoms with Gasteiger partial charge >= 0.3 is 0 Å². The monoisotopic (exact) mass is 705 g/mol. The van der Waals surface area contributed by atoms with Crippen molar-refractivity contribution in [3.8, 4) is 27.9 Å². The maximum absolute atomic E-state index is 5.53. The number of allylic oxidation sites excluding steroid dienone is 8. The van der Waals surface area contributed by atoms with E-state index in [9.17, 15) is 0 Å². The molecule has 0 fully saturated rings. The SMILES string of the molecule is CC1C=CC(c2nc(C3C=CC=CC3C)c3c(-n4c5ccccc5c5c6c(c7ccccc7c54)[C@H]4Cc5ccccc5-c5cccc-6c54)cccc3n2)=CC1. The summed E-state index contributed by atoms with van der Waals surface area (Å²) in [5.74, 6) is 2.06. The zero-order valence-corrected chi connectivity index (χ0v) is 31.0. The van der Waals surface area contributed by atoms with Crippen molar-refractivity contribution in [1.82, 2.24) is 14.5 Å². The summed E-state index contributed by atoms with van der Waals surface area (Å²) >= 11 is 0. The fourth-order valence-electron chi connectivity index (χ4n) is 10.5. The Bertz CT molecular complexity index is 3100. The lowest BCUT2D eigenvalue weighted by molar-refractivity contribution is 0.622. The predicted octanol–water partition coefficient (Wildman–Crippen LogP) is 13.0. The van der Waals surface area contributed by atoms with E-state index in [1.54, 1.807) is 0 Å². The predicted molar refractivity (Wildman–Crippen MR) is 229 cm³/mol. The number of rotatable bonds is 3. The molecule has 0 saturated heterocycles. The van der Waals surface area contributed by atoms with Crippen molar-refractivity contribution in [1.29, 1.82) is 0 Å². The van der Waals surface area contributed by atoms with E-state index in [0.717, 1.165) is 46.5 Å². The van der Waals surface area contributed by atoms with E-state index in [0.29, 0.717) is 17.8 Å². The standard InChI is InChI=1S/C52H39N3/c1-30-25-27-32(28-26-30)52-53-42-22-12-24-44(49(42)50(54-52)34-15-5-3-13-31(34)2)55-43-23-10-9-19-39(43)48-47-40-21-11-20-36-35-16-6-4-14-33(35)29-41(45(36)40)46(47)37-17-7-8-18-38(37)51(48)55/h3-25,27-28,30-31,34,41H,26,29H2,1-2H3/t30?,31?,34?,41-/m0/s1. The van der Waals surface area contributed by atoms with Crippen molar-refractivity contribution in [2.75, 3.05) is 0 Å². The summed E-state index contributed by atoms with van der Waals surface area (Å²) in [7, 11) is 0. The molecule has 12 rings (SSSR count). The molecule has 3 heteroatoms. The molecular weight excluding hydrogens is 667 g/mol. The third kappa shape index (κ3) is 4.32. The first-order chi connectivity index (χ1) is 27.1. The smallest absolute Gasteiger partial charge is 0.159 e. The molecule has 0 aliphatic heterocycles. The number of nitrogens with zero attached hydrogens (tertiary/aromatic N) is 3. The van der Waals surface area contributed by atoms with E-state index in [-0.39, 0.29) is 5.92 Å². The van der Waals surface area contributed by atoms with Crippen LogP contribution in [0.2, 0.25) is 0 Å². The molecule has 3 nitrogen and oxygen atoms in total. The first-order valence-corrected chi connectivity index (χ1v) is 19.9. The lowest BCUT2D eigenvalue weighted by Gasteiger charge is -2.26. The Morgan fingerprint density at radius 1 is 0.636 bits per heavy atom. The highest BCUT2D eigenvalue weighted by Gasteiger charge is 2.39. The first kappa shape index (κ1) is 31.1. The Morgan fingerprint density at radius 3 is 2.27 bits per heavy atom. The van der Waals surface area contributed by atoms with Crippen molar-refractivity contribution < 1.29 is 0 Å². The fourth-order valence-corrected chi connectivity index (χ4v) is 10.5. The van der Waals surface area contributed by atoms with E-state index in [4.69, 9.17) is 9.97 Å². The summed E-state index contributed by atoms with van der Waals surface area (Å²) in [4.78, 5) is 10.9. The summed E-state index contributed by atoms with van der Waals surface area (Å²) in [6.45, 7) is 4.57. The van der Waals surface area contributed by atoms with E-state index >= 15 is 0 Å². The van der Waals surface area contributed by atoms with Gasteiger partial charge in [-0.15, -0.1) is 0 Å². The highest BCUT2D eigenvalue weighted by Crippen LogP contribution is 2.59. The van der Waals surface area contributed by atoms with Crippen LogP contribution in [0.3, 0.4) is 0 Å². The second kappa shape index (κ2) is 11.6. The summed E-state index contributed by atoms with van der Waals surface area (Å²) in [6, 6.07) is 41.0. The largest absolute Gasteiger partial charge is 0.308 e. The van der Waals surface area contributed by atoms with Crippen LogP contribution < -0.4 is 0 Å². The minimum absolute atomic E-state index is 0.117. The third-order valence-electron chi connectivity index (χ3n) is 12.9. The molecule has 0 radical (unpaired) electrons. The molecule has 0 bridgehead atoms. The minimum atomic E-state index is 0.117. The maximum atomic E-state index is 5.53. The van der Waals surface area contributed by atoms with Gasteiger partial charge in [-0.25, -0.2) is 9.97 Å². The molecule has 55 heavy (non-hydrogen) atoms. The Balaban J connectivity index is 1.22. The van der Waals surface area contributed by atoms with Crippen LogP contribution in [0.5, 0.6) is 0 Å². The number of hydrogen-bond donors (Lipinski definition) is 0. The van der Waals surface area contributed by atoms with Crippen LogP contribution in [-0.2, 0) is 6.42 Å². The van der Waals surface area contributed by atoms with Crippen molar-refractivity contribution in [3.63, 3.8) is 0 Å². The lowest BCUT2D eigenvalue weighted by Crippen LogP contribution is -2.13. The summed E-state index contributed by atoms with van der Waals surface area (Å²) in [6.07, 6.45) is 17.8. The van der Waals surface area contributed by atoms with Crippen LogP contribution in [0, 0.1) is 11.8 Å². The quantitative estimate of drug-likeness (QED) is 0.183. The molecule has 8 aromatic rings. The van der Waals surface area contributed by atoms with Gasteiger partial charge in [-0.05, 0) is 87.2 Å². The van der Waals surface area contributed by atoms with Gasteiger partial charge in [0.05, 0.1) is 27.9 Å². The van der Waals surface area contributed by atoms with Crippen molar-refractivity contribution in [3.05, 3.63) is 180 Å². The van der Waals surface area contributed by atoms with Crippen LogP contribution >= 0.6 is 0 Å². The van der Waals surface area contributed by atoms with Gasteiger partial charge in [-0.3, -0.25) is 0 Å². The molecule has 2 heterocycles. The van der Waals surface area contributed by atoms with E-state index in [1.165, 1.54) is 71.5 Å².